The van der Waals surface area contributed by atoms with Crippen molar-refractivity contribution in [3.05, 3.63) is 29.0 Å². The predicted octanol–water partition coefficient (Wildman–Crippen LogP) is 1.54. The maximum absolute atomic E-state index is 12.1. The number of nitrogens with one attached hydrogen (secondary N) is 1. The van der Waals surface area contributed by atoms with Crippen LogP contribution in [0.2, 0.25) is 5.15 Å². The van der Waals surface area contributed by atoms with Crippen LogP contribution in [0.4, 0.5) is 5.82 Å². The lowest BCUT2D eigenvalue weighted by Gasteiger charge is -2.06. The van der Waals surface area contributed by atoms with Gasteiger partial charge in [-0.25, -0.2) is 18.4 Å². The highest BCUT2D eigenvalue weighted by atomic mass is 35.5. The molecule has 0 spiro atoms. The van der Waals surface area contributed by atoms with Gasteiger partial charge in [0.1, 0.15) is 5.69 Å². The molecule has 0 atom stereocenters. The molecule has 0 aliphatic heterocycles. The Morgan fingerprint density at radius 1 is 1.28 bits per heavy atom. The van der Waals surface area contributed by atoms with E-state index < -0.39 is 10.0 Å². The van der Waals surface area contributed by atoms with Crippen molar-refractivity contribution in [2.24, 2.45) is 0 Å². The molecular formula is C9H9ClN4O3S. The quantitative estimate of drug-likeness (QED) is 0.920. The van der Waals surface area contributed by atoms with Gasteiger partial charge in [-0.15, -0.1) is 0 Å². The van der Waals surface area contributed by atoms with Crippen molar-refractivity contribution < 1.29 is 12.9 Å². The molecule has 0 unspecified atom stereocenters. The average molecular weight is 289 g/mol. The van der Waals surface area contributed by atoms with Gasteiger partial charge in [0.2, 0.25) is 0 Å². The van der Waals surface area contributed by atoms with E-state index in [1.165, 1.54) is 26.2 Å². The highest BCUT2D eigenvalue weighted by molar-refractivity contribution is 7.92. The first-order valence-electron chi connectivity index (χ1n) is 4.84. The number of hydrogen-bond acceptors (Lipinski definition) is 6. The third-order valence-corrected chi connectivity index (χ3v) is 3.98. The molecule has 2 aromatic heterocycles. The summed E-state index contributed by atoms with van der Waals surface area (Å²) in [7, 11) is -3.85. The first kappa shape index (κ1) is 12.8. The van der Waals surface area contributed by atoms with Gasteiger partial charge >= 0.3 is 0 Å². The molecule has 0 radical (unpaired) electrons. The van der Waals surface area contributed by atoms with Gasteiger partial charge in [-0.1, -0.05) is 16.8 Å². The number of aromatic nitrogens is 3. The summed E-state index contributed by atoms with van der Waals surface area (Å²) in [5.74, 6) is 0.152. The molecule has 0 aromatic carbocycles. The first-order valence-corrected chi connectivity index (χ1v) is 6.70. The highest BCUT2D eigenvalue weighted by Gasteiger charge is 2.25. The zero-order valence-electron chi connectivity index (χ0n) is 9.51. The molecule has 0 bridgehead atoms. The highest BCUT2D eigenvalue weighted by Crippen LogP contribution is 2.23. The zero-order chi connectivity index (χ0) is 13.3. The lowest BCUT2D eigenvalue weighted by molar-refractivity contribution is 0.390. The number of aryl methyl sites for hydroxylation is 2. The lowest BCUT2D eigenvalue weighted by Crippen LogP contribution is -2.15. The minimum absolute atomic E-state index is 0.0239. The fourth-order valence-corrected chi connectivity index (χ4v) is 2.98. The fourth-order valence-electron chi connectivity index (χ4n) is 1.43. The van der Waals surface area contributed by atoms with Crippen LogP contribution in [-0.2, 0) is 10.0 Å². The van der Waals surface area contributed by atoms with E-state index in [2.05, 4.69) is 19.8 Å². The van der Waals surface area contributed by atoms with Gasteiger partial charge in [-0.3, -0.25) is 4.72 Å². The van der Waals surface area contributed by atoms with Gasteiger partial charge in [0.05, 0.1) is 0 Å². The molecule has 0 aliphatic carbocycles. The van der Waals surface area contributed by atoms with Crippen molar-refractivity contribution in [1.29, 1.82) is 0 Å². The summed E-state index contributed by atoms with van der Waals surface area (Å²) in [6.45, 7) is 3.04. The third kappa shape index (κ3) is 2.29. The van der Waals surface area contributed by atoms with Gasteiger partial charge < -0.3 is 4.52 Å². The largest absolute Gasteiger partial charge is 0.360 e. The van der Waals surface area contributed by atoms with Crippen LogP contribution in [0.25, 0.3) is 0 Å². The number of anilines is 1. The van der Waals surface area contributed by atoms with Crippen LogP contribution in [-0.4, -0.2) is 23.5 Å². The molecule has 9 heteroatoms. The van der Waals surface area contributed by atoms with Crippen LogP contribution >= 0.6 is 11.6 Å². The maximum atomic E-state index is 12.1. The Morgan fingerprint density at radius 3 is 2.50 bits per heavy atom. The van der Waals surface area contributed by atoms with E-state index in [-0.39, 0.29) is 27.3 Å². The molecule has 2 aromatic rings. The van der Waals surface area contributed by atoms with Gasteiger partial charge in [-0.2, -0.15) is 0 Å². The zero-order valence-corrected chi connectivity index (χ0v) is 11.1. The first-order chi connectivity index (χ1) is 8.42. The summed E-state index contributed by atoms with van der Waals surface area (Å²) < 4.78 is 31.3. The van der Waals surface area contributed by atoms with Crippen LogP contribution in [0.5, 0.6) is 0 Å². The minimum Gasteiger partial charge on any atom is -0.360 e. The Morgan fingerprint density at radius 2 is 1.94 bits per heavy atom. The molecule has 0 fully saturated rings. The Kier molecular flexibility index (Phi) is 3.22. The van der Waals surface area contributed by atoms with E-state index in [4.69, 9.17) is 16.1 Å². The van der Waals surface area contributed by atoms with Crippen molar-refractivity contribution in [1.82, 2.24) is 15.1 Å². The number of halogens is 1. The van der Waals surface area contributed by atoms with Gasteiger partial charge in [0.25, 0.3) is 10.0 Å². The summed E-state index contributed by atoms with van der Waals surface area (Å²) in [5.41, 5.74) is 0.264. The fraction of sp³-hybridized carbons (Fsp3) is 0.222. The van der Waals surface area contributed by atoms with Gasteiger partial charge in [0, 0.05) is 12.4 Å². The standard InChI is InChI=1S/C9H9ClN4O3S/c1-5-7(6(2)17-13-5)18(15,16)14-9-8(10)11-3-4-12-9/h3-4H,1-2H3,(H,12,14). The normalized spacial score (nSPS) is 11.5. The average Bonchev–Trinajstić information content (AvgIpc) is 2.62. The predicted molar refractivity (Wildman–Crippen MR) is 63.8 cm³/mol. The molecule has 0 aliphatic rings. The van der Waals surface area contributed by atoms with E-state index in [9.17, 15) is 8.42 Å². The molecule has 18 heavy (non-hydrogen) atoms. The summed E-state index contributed by atoms with van der Waals surface area (Å²) in [6, 6.07) is 0. The van der Waals surface area contributed by atoms with E-state index in [1.54, 1.807) is 0 Å². The molecular weight excluding hydrogens is 280 g/mol. The minimum atomic E-state index is -3.85. The van der Waals surface area contributed by atoms with E-state index in [0.29, 0.717) is 0 Å². The van der Waals surface area contributed by atoms with Crippen LogP contribution in [0, 0.1) is 13.8 Å². The van der Waals surface area contributed by atoms with Crippen molar-refractivity contribution in [2.45, 2.75) is 18.7 Å². The van der Waals surface area contributed by atoms with Crippen LogP contribution in [0.3, 0.4) is 0 Å². The van der Waals surface area contributed by atoms with Crippen molar-refractivity contribution in [3.8, 4) is 0 Å². The Bertz CT molecular complexity index is 663. The molecule has 2 heterocycles. The molecule has 1 N–H and O–H groups in total. The van der Waals surface area contributed by atoms with Crippen molar-refractivity contribution in [3.63, 3.8) is 0 Å². The smallest absolute Gasteiger partial charge is 0.268 e. The molecule has 96 valence electrons. The Balaban J connectivity index is 2.43. The third-order valence-electron chi connectivity index (χ3n) is 2.12. The molecule has 7 nitrogen and oxygen atoms in total. The monoisotopic (exact) mass is 288 g/mol. The molecule has 0 saturated heterocycles. The molecule has 0 saturated carbocycles. The van der Waals surface area contributed by atoms with Crippen LogP contribution in [0.1, 0.15) is 11.5 Å². The summed E-state index contributed by atoms with van der Waals surface area (Å²) in [5, 5.41) is 3.55. The number of nitrogens with zero attached hydrogens (tertiary/aromatic N) is 3. The van der Waals surface area contributed by atoms with E-state index in [1.807, 2.05) is 0 Å². The van der Waals surface area contributed by atoms with E-state index in [0.717, 1.165) is 0 Å². The summed E-state index contributed by atoms with van der Waals surface area (Å²) in [4.78, 5) is 7.50. The molecule has 0 amide bonds. The SMILES string of the molecule is Cc1noc(C)c1S(=O)(=O)Nc1nccnc1Cl. The lowest BCUT2D eigenvalue weighted by atomic mass is 10.4. The Hall–Kier alpha value is -1.67. The number of sulfonamides is 1. The topological polar surface area (TPSA) is 98.0 Å². The second-order valence-corrected chi connectivity index (χ2v) is 5.43. The second-order valence-electron chi connectivity index (χ2n) is 3.45. The number of rotatable bonds is 3. The summed E-state index contributed by atoms with van der Waals surface area (Å²) >= 11 is 5.73. The molecule has 2 rings (SSSR count). The van der Waals surface area contributed by atoms with Gasteiger partial charge in [0.15, 0.2) is 21.6 Å². The van der Waals surface area contributed by atoms with Crippen LogP contribution in [0.15, 0.2) is 21.8 Å². The number of hydrogen-bond donors (Lipinski definition) is 1. The maximum Gasteiger partial charge on any atom is 0.268 e. The van der Waals surface area contributed by atoms with Crippen molar-refractivity contribution >= 4 is 27.4 Å². The van der Waals surface area contributed by atoms with Crippen molar-refractivity contribution in [2.75, 3.05) is 4.72 Å². The second kappa shape index (κ2) is 4.54. The Labute approximate surface area is 108 Å². The van der Waals surface area contributed by atoms with Gasteiger partial charge in [-0.05, 0) is 13.8 Å². The van der Waals surface area contributed by atoms with Crippen LogP contribution < -0.4 is 4.72 Å². The van der Waals surface area contributed by atoms with E-state index >= 15 is 0 Å². The summed E-state index contributed by atoms with van der Waals surface area (Å²) in [6.07, 6.45) is 2.69.